The standard InChI is InChI=1S/C26H30ClN3O3/c1-17(2)18(3)30(26(32)21-9-6-7-10-22(21)27)16-19-15-20(12-13-23(19)29(4)5)28-25(31)24-11-8-14-33-24/h6-15,17-18H,16H2,1-5H3,(H,28,31). The molecular formula is C26H30ClN3O3. The highest BCUT2D eigenvalue weighted by Gasteiger charge is 2.26. The van der Waals surface area contributed by atoms with Crippen molar-refractivity contribution in [3.05, 3.63) is 82.8 Å². The van der Waals surface area contributed by atoms with E-state index >= 15 is 0 Å². The van der Waals surface area contributed by atoms with Gasteiger partial charge in [-0.25, -0.2) is 0 Å². The van der Waals surface area contributed by atoms with E-state index in [2.05, 4.69) is 19.2 Å². The Bertz CT molecular complexity index is 1110. The first-order chi connectivity index (χ1) is 15.7. The minimum atomic E-state index is -0.330. The van der Waals surface area contributed by atoms with Gasteiger partial charge in [0.1, 0.15) is 0 Å². The highest BCUT2D eigenvalue weighted by molar-refractivity contribution is 6.33. The fourth-order valence-corrected chi connectivity index (χ4v) is 3.78. The smallest absolute Gasteiger partial charge is 0.291 e. The number of rotatable bonds is 8. The topological polar surface area (TPSA) is 65.8 Å². The van der Waals surface area contributed by atoms with Gasteiger partial charge in [0.05, 0.1) is 16.8 Å². The Morgan fingerprint density at radius 2 is 1.76 bits per heavy atom. The van der Waals surface area contributed by atoms with Crippen molar-refractivity contribution in [1.29, 1.82) is 0 Å². The molecule has 0 bridgehead atoms. The van der Waals surface area contributed by atoms with Gasteiger partial charge in [-0.15, -0.1) is 0 Å². The maximum Gasteiger partial charge on any atom is 0.291 e. The number of carbonyl (C=O) groups is 2. The molecule has 1 heterocycles. The molecule has 0 radical (unpaired) electrons. The summed E-state index contributed by atoms with van der Waals surface area (Å²) >= 11 is 6.35. The Morgan fingerprint density at radius 3 is 2.36 bits per heavy atom. The molecule has 0 fully saturated rings. The number of halogens is 1. The lowest BCUT2D eigenvalue weighted by molar-refractivity contribution is 0.0628. The van der Waals surface area contributed by atoms with Crippen molar-refractivity contribution in [1.82, 2.24) is 4.90 Å². The lowest BCUT2D eigenvalue weighted by Gasteiger charge is -2.33. The second-order valence-corrected chi connectivity index (χ2v) is 8.97. The van der Waals surface area contributed by atoms with Crippen LogP contribution in [0.2, 0.25) is 5.02 Å². The second kappa shape index (κ2) is 10.6. The first kappa shape index (κ1) is 24.4. The SMILES string of the molecule is CC(C)C(C)N(Cc1cc(NC(=O)c2ccco2)ccc1N(C)C)C(=O)c1ccccc1Cl. The Kier molecular flexibility index (Phi) is 7.82. The number of benzene rings is 2. The predicted octanol–water partition coefficient (Wildman–Crippen LogP) is 5.94. The molecule has 6 nitrogen and oxygen atoms in total. The van der Waals surface area contributed by atoms with E-state index < -0.39 is 0 Å². The van der Waals surface area contributed by atoms with Crippen LogP contribution in [0.4, 0.5) is 11.4 Å². The van der Waals surface area contributed by atoms with Gasteiger partial charge in [-0.3, -0.25) is 9.59 Å². The van der Waals surface area contributed by atoms with Crippen LogP contribution in [-0.4, -0.2) is 36.9 Å². The third-order valence-electron chi connectivity index (χ3n) is 5.73. The van der Waals surface area contributed by atoms with Gasteiger partial charge in [0.2, 0.25) is 0 Å². The van der Waals surface area contributed by atoms with E-state index in [0.717, 1.165) is 11.3 Å². The molecule has 0 saturated heterocycles. The van der Waals surface area contributed by atoms with Crippen LogP contribution in [-0.2, 0) is 6.54 Å². The number of carbonyl (C=O) groups excluding carboxylic acids is 2. The Hall–Kier alpha value is -3.25. The largest absolute Gasteiger partial charge is 0.459 e. The van der Waals surface area contributed by atoms with E-state index in [9.17, 15) is 9.59 Å². The molecule has 2 amide bonds. The van der Waals surface area contributed by atoms with Crippen molar-refractivity contribution < 1.29 is 14.0 Å². The van der Waals surface area contributed by atoms with Crippen LogP contribution in [0.3, 0.4) is 0 Å². The highest BCUT2D eigenvalue weighted by atomic mass is 35.5. The molecule has 174 valence electrons. The number of anilines is 2. The van der Waals surface area contributed by atoms with E-state index in [0.29, 0.717) is 22.8 Å². The van der Waals surface area contributed by atoms with Crippen molar-refractivity contribution in [2.24, 2.45) is 5.92 Å². The van der Waals surface area contributed by atoms with Crippen LogP contribution < -0.4 is 10.2 Å². The summed E-state index contributed by atoms with van der Waals surface area (Å²) in [5, 5.41) is 3.30. The number of nitrogens with one attached hydrogen (secondary N) is 1. The lowest BCUT2D eigenvalue weighted by atomic mass is 10.0. The summed E-state index contributed by atoms with van der Waals surface area (Å²) in [4.78, 5) is 29.9. The highest BCUT2D eigenvalue weighted by Crippen LogP contribution is 2.28. The Morgan fingerprint density at radius 1 is 1.03 bits per heavy atom. The molecule has 3 aromatic rings. The Balaban J connectivity index is 1.97. The van der Waals surface area contributed by atoms with Crippen LogP contribution in [0.15, 0.2) is 65.3 Å². The van der Waals surface area contributed by atoms with Gasteiger partial charge in [0, 0.05) is 38.1 Å². The molecular weight excluding hydrogens is 438 g/mol. The summed E-state index contributed by atoms with van der Waals surface area (Å²) in [5.74, 6) is 0.0119. The summed E-state index contributed by atoms with van der Waals surface area (Å²) in [6.07, 6.45) is 1.46. The van der Waals surface area contributed by atoms with Crippen LogP contribution in [0.5, 0.6) is 0 Å². The van der Waals surface area contributed by atoms with Gasteiger partial charge in [0.25, 0.3) is 11.8 Å². The van der Waals surface area contributed by atoms with Gasteiger partial charge in [-0.2, -0.15) is 0 Å². The zero-order valence-corrected chi connectivity index (χ0v) is 20.4. The second-order valence-electron chi connectivity index (χ2n) is 8.57. The van der Waals surface area contributed by atoms with E-state index in [1.165, 1.54) is 6.26 Å². The third kappa shape index (κ3) is 5.76. The average Bonchev–Trinajstić information content (AvgIpc) is 3.32. The monoisotopic (exact) mass is 467 g/mol. The first-order valence-electron chi connectivity index (χ1n) is 10.9. The quantitative estimate of drug-likeness (QED) is 0.445. The number of amides is 2. The molecule has 0 aliphatic heterocycles. The summed E-state index contributed by atoms with van der Waals surface area (Å²) < 4.78 is 5.19. The van der Waals surface area contributed by atoms with E-state index in [1.807, 2.05) is 61.2 Å². The predicted molar refractivity (Wildman–Crippen MR) is 133 cm³/mol. The molecule has 7 heteroatoms. The fourth-order valence-electron chi connectivity index (χ4n) is 3.56. The molecule has 0 aliphatic carbocycles. The minimum absolute atomic E-state index is 0.0369. The zero-order valence-electron chi connectivity index (χ0n) is 19.6. The number of hydrogen-bond acceptors (Lipinski definition) is 4. The van der Waals surface area contributed by atoms with Gasteiger partial charge < -0.3 is 19.5 Å². The van der Waals surface area contributed by atoms with Crippen LogP contribution in [0.25, 0.3) is 0 Å². The average molecular weight is 468 g/mol. The molecule has 1 atom stereocenters. The maximum atomic E-state index is 13.6. The summed E-state index contributed by atoms with van der Waals surface area (Å²) in [5.41, 5.74) is 2.96. The molecule has 0 saturated carbocycles. The van der Waals surface area contributed by atoms with Crippen molar-refractivity contribution in [3.8, 4) is 0 Å². The van der Waals surface area contributed by atoms with Gasteiger partial charge in [-0.05, 0) is 60.9 Å². The molecule has 3 rings (SSSR count). The van der Waals surface area contributed by atoms with Gasteiger partial charge in [-0.1, -0.05) is 37.6 Å². The molecule has 1 N–H and O–H groups in total. The van der Waals surface area contributed by atoms with Gasteiger partial charge in [0.15, 0.2) is 5.76 Å². The first-order valence-corrected chi connectivity index (χ1v) is 11.3. The maximum absolute atomic E-state index is 13.6. The number of hydrogen-bond donors (Lipinski definition) is 1. The van der Waals surface area contributed by atoms with E-state index in [1.54, 1.807) is 24.3 Å². The van der Waals surface area contributed by atoms with Crippen LogP contribution in [0.1, 0.15) is 47.2 Å². The normalized spacial score (nSPS) is 11.8. The van der Waals surface area contributed by atoms with Crippen LogP contribution >= 0.6 is 11.6 Å². The van der Waals surface area contributed by atoms with Crippen molar-refractivity contribution >= 4 is 34.8 Å². The lowest BCUT2D eigenvalue weighted by Crippen LogP contribution is -2.41. The molecule has 1 aromatic heterocycles. The number of furan rings is 1. The summed E-state index contributed by atoms with van der Waals surface area (Å²) in [6, 6.07) is 16.0. The van der Waals surface area contributed by atoms with Crippen LogP contribution in [0, 0.1) is 5.92 Å². The molecule has 0 aliphatic rings. The zero-order chi connectivity index (χ0) is 24.1. The van der Waals surface area contributed by atoms with E-state index in [-0.39, 0.29) is 29.5 Å². The third-order valence-corrected chi connectivity index (χ3v) is 6.06. The minimum Gasteiger partial charge on any atom is -0.459 e. The van der Waals surface area contributed by atoms with Gasteiger partial charge >= 0.3 is 0 Å². The summed E-state index contributed by atoms with van der Waals surface area (Å²) in [6.45, 7) is 6.58. The molecule has 0 spiro atoms. The van der Waals surface area contributed by atoms with Crippen molar-refractivity contribution in [2.45, 2.75) is 33.4 Å². The Labute approximate surface area is 200 Å². The molecule has 1 unspecified atom stereocenters. The fraction of sp³-hybridized carbons (Fsp3) is 0.308. The summed E-state index contributed by atoms with van der Waals surface area (Å²) in [7, 11) is 3.90. The van der Waals surface area contributed by atoms with E-state index in [4.69, 9.17) is 16.0 Å². The van der Waals surface area contributed by atoms with Crippen molar-refractivity contribution in [3.63, 3.8) is 0 Å². The molecule has 33 heavy (non-hydrogen) atoms. The number of nitrogens with zero attached hydrogens (tertiary/aromatic N) is 2. The van der Waals surface area contributed by atoms with Crippen molar-refractivity contribution in [2.75, 3.05) is 24.3 Å². The molecule has 2 aromatic carbocycles.